The van der Waals surface area contributed by atoms with E-state index < -0.39 is 5.91 Å². The van der Waals surface area contributed by atoms with E-state index in [4.69, 9.17) is 4.74 Å². The van der Waals surface area contributed by atoms with Gasteiger partial charge in [-0.15, -0.1) is 0 Å². The minimum Gasteiger partial charge on any atom is -0.455 e. The third-order valence-electron chi connectivity index (χ3n) is 6.14. The summed E-state index contributed by atoms with van der Waals surface area (Å²) in [7, 11) is 0. The second-order valence-electron chi connectivity index (χ2n) is 8.01. The second kappa shape index (κ2) is 7.06. The number of ether oxygens (including phenoxy) is 1. The lowest BCUT2D eigenvalue weighted by atomic mass is 9.84. The summed E-state index contributed by atoms with van der Waals surface area (Å²) in [5, 5.41) is 2.64. The number of hydrogen-bond donors (Lipinski definition) is 1. The number of esters is 1. The number of rotatable bonds is 4. The molecule has 1 amide bonds. The summed E-state index contributed by atoms with van der Waals surface area (Å²) in [4.78, 5) is 49.9. The van der Waals surface area contributed by atoms with E-state index in [2.05, 4.69) is 17.5 Å². The number of amides is 1. The summed E-state index contributed by atoms with van der Waals surface area (Å²) in [6.45, 7) is -0.386. The minimum absolute atomic E-state index is 0.166. The van der Waals surface area contributed by atoms with E-state index >= 15 is 0 Å². The van der Waals surface area contributed by atoms with Crippen LogP contribution in [0.4, 0.5) is 5.69 Å². The van der Waals surface area contributed by atoms with E-state index in [9.17, 15) is 19.2 Å². The Morgan fingerprint density at radius 2 is 1.60 bits per heavy atom. The van der Waals surface area contributed by atoms with E-state index in [0.29, 0.717) is 28.3 Å². The molecule has 2 bridgehead atoms. The first-order valence-electron chi connectivity index (χ1n) is 9.98. The van der Waals surface area contributed by atoms with Gasteiger partial charge in [0.25, 0.3) is 5.91 Å². The lowest BCUT2D eigenvalue weighted by Crippen LogP contribution is -2.27. The Kier molecular flexibility index (Phi) is 4.35. The fraction of sp³-hybridized carbons (Fsp3) is 0.250. The number of fused-ring (bicyclic) bond motifs is 4. The second-order valence-corrected chi connectivity index (χ2v) is 8.01. The zero-order valence-electron chi connectivity index (χ0n) is 16.1. The van der Waals surface area contributed by atoms with Crippen LogP contribution in [0, 0.1) is 17.8 Å². The predicted octanol–water partition coefficient (Wildman–Crippen LogP) is 3.16. The van der Waals surface area contributed by atoms with E-state index in [1.165, 1.54) is 12.1 Å². The molecule has 0 spiro atoms. The molecule has 0 aromatic heterocycles. The van der Waals surface area contributed by atoms with Gasteiger partial charge < -0.3 is 10.1 Å². The van der Waals surface area contributed by atoms with Crippen molar-refractivity contribution >= 4 is 29.1 Å². The van der Waals surface area contributed by atoms with Crippen molar-refractivity contribution in [3.05, 3.63) is 76.9 Å². The minimum atomic E-state index is -0.489. The van der Waals surface area contributed by atoms with Gasteiger partial charge in [-0.05, 0) is 42.9 Å². The smallest absolute Gasteiger partial charge is 0.310 e. The van der Waals surface area contributed by atoms with Crippen molar-refractivity contribution in [2.24, 2.45) is 17.8 Å². The van der Waals surface area contributed by atoms with E-state index in [1.807, 2.05) is 0 Å². The van der Waals surface area contributed by atoms with Gasteiger partial charge >= 0.3 is 5.97 Å². The standard InChI is InChI=1S/C24H19NO5/c26-21(12-30-24(29)19-10-13-5-6-14(19)9-13)25-15-7-8-18-20(11-15)23(28)17-4-2-1-3-16(17)22(18)27/h1-8,11,13-14,19H,9-10,12H2,(H,25,26). The van der Waals surface area contributed by atoms with Crippen LogP contribution < -0.4 is 5.32 Å². The Labute approximate surface area is 172 Å². The third-order valence-corrected chi connectivity index (χ3v) is 6.14. The molecule has 0 saturated heterocycles. The summed E-state index contributed by atoms with van der Waals surface area (Å²) >= 11 is 0. The molecule has 3 aliphatic rings. The first kappa shape index (κ1) is 18.5. The number of anilines is 1. The Bertz CT molecular complexity index is 1130. The number of ketones is 2. The van der Waals surface area contributed by atoms with Crippen molar-refractivity contribution < 1.29 is 23.9 Å². The van der Waals surface area contributed by atoms with Crippen molar-refractivity contribution in [3.8, 4) is 0 Å². The highest BCUT2D eigenvalue weighted by molar-refractivity contribution is 6.28. The number of carbonyl (C=O) groups is 4. The summed E-state index contributed by atoms with van der Waals surface area (Å²) in [6, 6.07) is 11.3. The van der Waals surface area contributed by atoms with Crippen LogP contribution >= 0.6 is 0 Å². The quantitative estimate of drug-likeness (QED) is 0.536. The zero-order chi connectivity index (χ0) is 20.8. The first-order chi connectivity index (χ1) is 14.5. The SMILES string of the molecule is O=C(COC(=O)C1CC2C=CC1C2)Nc1ccc2c(c1)C(=O)c1ccccc1C2=O. The summed E-state index contributed by atoms with van der Waals surface area (Å²) in [5.41, 5.74) is 1.68. The molecule has 6 nitrogen and oxygen atoms in total. The van der Waals surface area contributed by atoms with Crippen LogP contribution in [0.15, 0.2) is 54.6 Å². The summed E-state index contributed by atoms with van der Waals surface area (Å²) < 4.78 is 5.20. The van der Waals surface area contributed by atoms with Gasteiger partial charge in [0.05, 0.1) is 5.92 Å². The maximum Gasteiger partial charge on any atom is 0.310 e. The van der Waals surface area contributed by atoms with Crippen LogP contribution in [-0.2, 0) is 14.3 Å². The average molecular weight is 401 g/mol. The maximum absolute atomic E-state index is 12.8. The number of carbonyl (C=O) groups excluding carboxylic acids is 4. The largest absolute Gasteiger partial charge is 0.455 e. The molecular weight excluding hydrogens is 382 g/mol. The van der Waals surface area contributed by atoms with E-state index in [-0.39, 0.29) is 41.5 Å². The van der Waals surface area contributed by atoms with Crippen LogP contribution in [-0.4, -0.2) is 30.0 Å². The molecule has 3 aliphatic carbocycles. The molecule has 30 heavy (non-hydrogen) atoms. The molecule has 150 valence electrons. The predicted molar refractivity (Wildman–Crippen MR) is 108 cm³/mol. The molecule has 0 heterocycles. The number of nitrogens with one attached hydrogen (secondary N) is 1. The van der Waals surface area contributed by atoms with Crippen LogP contribution in [0.1, 0.15) is 44.7 Å². The van der Waals surface area contributed by atoms with Gasteiger partial charge in [-0.3, -0.25) is 19.2 Å². The van der Waals surface area contributed by atoms with Crippen molar-refractivity contribution in [1.82, 2.24) is 0 Å². The molecule has 3 unspecified atom stereocenters. The maximum atomic E-state index is 12.8. The van der Waals surface area contributed by atoms with Gasteiger partial charge in [0, 0.05) is 27.9 Å². The van der Waals surface area contributed by atoms with Gasteiger partial charge in [-0.1, -0.05) is 36.4 Å². The van der Waals surface area contributed by atoms with Crippen LogP contribution in [0.25, 0.3) is 0 Å². The average Bonchev–Trinajstić information content (AvgIpc) is 3.40. The zero-order valence-corrected chi connectivity index (χ0v) is 16.1. The number of hydrogen-bond acceptors (Lipinski definition) is 5. The van der Waals surface area contributed by atoms with Crippen molar-refractivity contribution in [2.75, 3.05) is 11.9 Å². The monoisotopic (exact) mass is 401 g/mol. The van der Waals surface area contributed by atoms with Crippen LogP contribution in [0.3, 0.4) is 0 Å². The molecule has 3 atom stereocenters. The lowest BCUT2D eigenvalue weighted by Gasteiger charge is -2.18. The summed E-state index contributed by atoms with van der Waals surface area (Å²) in [6.07, 6.45) is 5.96. The Balaban J connectivity index is 1.25. The molecule has 5 rings (SSSR count). The Morgan fingerprint density at radius 3 is 2.27 bits per heavy atom. The van der Waals surface area contributed by atoms with Gasteiger partial charge in [0.15, 0.2) is 18.2 Å². The highest BCUT2D eigenvalue weighted by Gasteiger charge is 2.40. The van der Waals surface area contributed by atoms with Gasteiger partial charge in [0.1, 0.15) is 0 Å². The lowest BCUT2D eigenvalue weighted by molar-refractivity contribution is -0.152. The highest BCUT2D eigenvalue weighted by atomic mass is 16.5. The van der Waals surface area contributed by atoms with Crippen LogP contribution in [0.5, 0.6) is 0 Å². The third kappa shape index (κ3) is 3.05. The molecule has 0 aliphatic heterocycles. The highest BCUT2D eigenvalue weighted by Crippen LogP contribution is 2.43. The van der Waals surface area contributed by atoms with Crippen molar-refractivity contribution in [1.29, 1.82) is 0 Å². The molecule has 2 aromatic carbocycles. The Hall–Kier alpha value is -3.54. The summed E-state index contributed by atoms with van der Waals surface area (Å²) in [5.74, 6) is -0.805. The normalized spacial score (nSPS) is 23.1. The van der Waals surface area contributed by atoms with Gasteiger partial charge in [-0.25, -0.2) is 0 Å². The molecular formula is C24H19NO5. The fourth-order valence-electron chi connectivity index (χ4n) is 4.67. The topological polar surface area (TPSA) is 89.5 Å². The number of benzene rings is 2. The molecule has 6 heteroatoms. The van der Waals surface area contributed by atoms with Crippen molar-refractivity contribution in [3.63, 3.8) is 0 Å². The van der Waals surface area contributed by atoms with Crippen molar-refractivity contribution in [2.45, 2.75) is 12.8 Å². The molecule has 2 aromatic rings. The van der Waals surface area contributed by atoms with Gasteiger partial charge in [-0.2, -0.15) is 0 Å². The molecule has 1 N–H and O–H groups in total. The molecule has 1 saturated carbocycles. The molecule has 1 fully saturated rings. The fourth-order valence-corrected chi connectivity index (χ4v) is 4.67. The van der Waals surface area contributed by atoms with Gasteiger partial charge in [0.2, 0.25) is 0 Å². The van der Waals surface area contributed by atoms with E-state index in [1.54, 1.807) is 30.3 Å². The van der Waals surface area contributed by atoms with Crippen LogP contribution in [0.2, 0.25) is 0 Å². The van der Waals surface area contributed by atoms with E-state index in [0.717, 1.165) is 12.8 Å². The first-order valence-corrected chi connectivity index (χ1v) is 9.98. The molecule has 0 radical (unpaired) electrons. The Morgan fingerprint density at radius 1 is 0.900 bits per heavy atom. The number of allylic oxidation sites excluding steroid dienone is 2.